The maximum atomic E-state index is 12.5. The van der Waals surface area contributed by atoms with E-state index in [-0.39, 0.29) is 5.91 Å². The maximum absolute atomic E-state index is 12.5. The van der Waals surface area contributed by atoms with Crippen LogP contribution in [0.25, 0.3) is 0 Å². The molecule has 3 nitrogen and oxygen atoms in total. The van der Waals surface area contributed by atoms with E-state index in [1.165, 1.54) is 5.56 Å². The van der Waals surface area contributed by atoms with E-state index in [1.807, 2.05) is 23.1 Å². The molecule has 0 bridgehead atoms. The molecule has 3 heteroatoms. The van der Waals surface area contributed by atoms with Crippen molar-refractivity contribution in [1.82, 2.24) is 4.90 Å². The molecule has 0 radical (unpaired) electrons. The summed E-state index contributed by atoms with van der Waals surface area (Å²) in [6.45, 7) is 1.52. The number of likely N-dealkylation sites (tertiary alicyclic amines) is 1. The molecule has 1 aliphatic heterocycles. The Bertz CT molecular complexity index is 688. The van der Waals surface area contributed by atoms with Crippen LogP contribution in [-0.4, -0.2) is 23.9 Å². The zero-order valence-corrected chi connectivity index (χ0v) is 11.7. The van der Waals surface area contributed by atoms with E-state index in [4.69, 9.17) is 5.26 Å². The third-order valence-electron chi connectivity index (χ3n) is 3.99. The summed E-state index contributed by atoms with van der Waals surface area (Å²) in [6.07, 6.45) is 0.994. The van der Waals surface area contributed by atoms with Crippen LogP contribution < -0.4 is 0 Å². The third kappa shape index (κ3) is 2.80. The van der Waals surface area contributed by atoms with Gasteiger partial charge >= 0.3 is 0 Å². The molecule has 1 aliphatic rings. The lowest BCUT2D eigenvalue weighted by atomic mass is 9.99. The second kappa shape index (κ2) is 5.80. The molecule has 1 fully saturated rings. The summed E-state index contributed by atoms with van der Waals surface area (Å²) in [5, 5.41) is 8.92. The normalized spacial score (nSPS) is 17.5. The van der Waals surface area contributed by atoms with Crippen LogP contribution in [0.2, 0.25) is 0 Å². The summed E-state index contributed by atoms with van der Waals surface area (Å²) in [4.78, 5) is 14.4. The first kappa shape index (κ1) is 13.4. The molecule has 1 saturated heterocycles. The van der Waals surface area contributed by atoms with Crippen LogP contribution in [0.1, 0.15) is 33.8 Å². The zero-order chi connectivity index (χ0) is 14.7. The van der Waals surface area contributed by atoms with Crippen molar-refractivity contribution in [2.75, 3.05) is 13.1 Å². The Labute approximate surface area is 124 Å². The van der Waals surface area contributed by atoms with Crippen molar-refractivity contribution >= 4 is 5.91 Å². The van der Waals surface area contributed by atoms with E-state index in [1.54, 1.807) is 24.3 Å². The van der Waals surface area contributed by atoms with Crippen LogP contribution in [0.4, 0.5) is 0 Å². The van der Waals surface area contributed by atoms with E-state index in [0.29, 0.717) is 17.0 Å². The van der Waals surface area contributed by atoms with Gasteiger partial charge in [0.05, 0.1) is 11.6 Å². The standard InChI is InChI=1S/C18H16N2O/c19-12-14-5-4-8-16(11-14)18(21)20-10-9-17(13-20)15-6-2-1-3-7-15/h1-8,11,17H,9-10,13H2. The Kier molecular flexibility index (Phi) is 3.70. The predicted molar refractivity (Wildman–Crippen MR) is 80.9 cm³/mol. The van der Waals surface area contributed by atoms with Gasteiger partial charge in [-0.25, -0.2) is 0 Å². The predicted octanol–water partition coefficient (Wildman–Crippen LogP) is 3.19. The monoisotopic (exact) mass is 276 g/mol. The van der Waals surface area contributed by atoms with E-state index in [9.17, 15) is 4.79 Å². The molecule has 21 heavy (non-hydrogen) atoms. The fourth-order valence-electron chi connectivity index (χ4n) is 2.85. The average molecular weight is 276 g/mol. The molecule has 0 aliphatic carbocycles. The second-order valence-electron chi connectivity index (χ2n) is 5.34. The molecule has 0 N–H and O–H groups in total. The maximum Gasteiger partial charge on any atom is 0.253 e. The fourth-order valence-corrected chi connectivity index (χ4v) is 2.85. The molecule has 0 aromatic heterocycles. The van der Waals surface area contributed by atoms with Crippen LogP contribution in [0.15, 0.2) is 54.6 Å². The van der Waals surface area contributed by atoms with Gasteiger partial charge < -0.3 is 4.90 Å². The molecule has 2 aromatic rings. The molecular weight excluding hydrogens is 260 g/mol. The fraction of sp³-hybridized carbons (Fsp3) is 0.222. The highest BCUT2D eigenvalue weighted by Gasteiger charge is 2.27. The molecule has 3 rings (SSSR count). The highest BCUT2D eigenvalue weighted by molar-refractivity contribution is 5.94. The Morgan fingerprint density at radius 3 is 2.71 bits per heavy atom. The topological polar surface area (TPSA) is 44.1 Å². The first-order valence-corrected chi connectivity index (χ1v) is 7.12. The lowest BCUT2D eigenvalue weighted by molar-refractivity contribution is 0.0791. The lowest BCUT2D eigenvalue weighted by Crippen LogP contribution is -2.28. The Morgan fingerprint density at radius 1 is 1.14 bits per heavy atom. The number of benzene rings is 2. The van der Waals surface area contributed by atoms with Gasteiger partial charge in [-0.1, -0.05) is 36.4 Å². The van der Waals surface area contributed by atoms with Gasteiger partial charge in [-0.3, -0.25) is 4.79 Å². The summed E-state index contributed by atoms with van der Waals surface area (Å²) in [5.41, 5.74) is 2.42. The van der Waals surface area contributed by atoms with Crippen molar-refractivity contribution in [2.45, 2.75) is 12.3 Å². The minimum Gasteiger partial charge on any atom is -0.338 e. The highest BCUT2D eigenvalue weighted by atomic mass is 16.2. The molecule has 1 heterocycles. The van der Waals surface area contributed by atoms with Gasteiger partial charge in [0.25, 0.3) is 5.91 Å². The molecular formula is C18H16N2O. The van der Waals surface area contributed by atoms with E-state index < -0.39 is 0 Å². The summed E-state index contributed by atoms with van der Waals surface area (Å²) in [6, 6.07) is 19.3. The van der Waals surface area contributed by atoms with Crippen molar-refractivity contribution in [3.63, 3.8) is 0 Å². The van der Waals surface area contributed by atoms with E-state index >= 15 is 0 Å². The summed E-state index contributed by atoms with van der Waals surface area (Å²) in [5.74, 6) is 0.430. The van der Waals surface area contributed by atoms with Crippen molar-refractivity contribution < 1.29 is 4.79 Å². The van der Waals surface area contributed by atoms with Crippen LogP contribution in [0.5, 0.6) is 0 Å². The van der Waals surface area contributed by atoms with Crippen molar-refractivity contribution in [3.8, 4) is 6.07 Å². The molecule has 2 aromatic carbocycles. The lowest BCUT2D eigenvalue weighted by Gasteiger charge is -2.17. The first-order valence-electron chi connectivity index (χ1n) is 7.12. The van der Waals surface area contributed by atoms with Gasteiger partial charge in [0.2, 0.25) is 0 Å². The van der Waals surface area contributed by atoms with Crippen LogP contribution in [0, 0.1) is 11.3 Å². The highest BCUT2D eigenvalue weighted by Crippen LogP contribution is 2.27. The molecule has 1 unspecified atom stereocenters. The summed E-state index contributed by atoms with van der Waals surface area (Å²) >= 11 is 0. The van der Waals surface area contributed by atoms with Gasteiger partial charge in [0.15, 0.2) is 0 Å². The quantitative estimate of drug-likeness (QED) is 0.845. The summed E-state index contributed by atoms with van der Waals surface area (Å²) < 4.78 is 0. The number of carbonyl (C=O) groups is 1. The number of hydrogen-bond acceptors (Lipinski definition) is 2. The van der Waals surface area contributed by atoms with Crippen molar-refractivity contribution in [1.29, 1.82) is 5.26 Å². The van der Waals surface area contributed by atoms with Crippen LogP contribution in [-0.2, 0) is 0 Å². The Balaban J connectivity index is 1.74. The van der Waals surface area contributed by atoms with Gasteiger partial charge in [-0.15, -0.1) is 0 Å². The van der Waals surface area contributed by atoms with Gasteiger partial charge in [-0.2, -0.15) is 5.26 Å². The van der Waals surface area contributed by atoms with Gasteiger partial charge in [-0.05, 0) is 30.2 Å². The minimum atomic E-state index is 0.0190. The van der Waals surface area contributed by atoms with Crippen LogP contribution >= 0.6 is 0 Å². The molecule has 0 spiro atoms. The molecule has 1 amide bonds. The van der Waals surface area contributed by atoms with Gasteiger partial charge in [0.1, 0.15) is 0 Å². The number of rotatable bonds is 2. The second-order valence-corrected chi connectivity index (χ2v) is 5.34. The summed E-state index contributed by atoms with van der Waals surface area (Å²) in [7, 11) is 0. The van der Waals surface area contributed by atoms with Crippen molar-refractivity contribution in [3.05, 3.63) is 71.3 Å². The number of nitrogens with zero attached hydrogens (tertiary/aromatic N) is 2. The number of hydrogen-bond donors (Lipinski definition) is 0. The number of amides is 1. The molecule has 104 valence electrons. The third-order valence-corrected chi connectivity index (χ3v) is 3.99. The Morgan fingerprint density at radius 2 is 1.95 bits per heavy atom. The molecule has 1 atom stereocenters. The van der Waals surface area contributed by atoms with Crippen LogP contribution in [0.3, 0.4) is 0 Å². The zero-order valence-electron chi connectivity index (χ0n) is 11.7. The largest absolute Gasteiger partial charge is 0.338 e. The smallest absolute Gasteiger partial charge is 0.253 e. The molecule has 0 saturated carbocycles. The van der Waals surface area contributed by atoms with E-state index in [0.717, 1.165) is 19.5 Å². The number of carbonyl (C=O) groups excluding carboxylic acids is 1. The minimum absolute atomic E-state index is 0.0190. The van der Waals surface area contributed by atoms with E-state index in [2.05, 4.69) is 18.2 Å². The number of nitriles is 1. The SMILES string of the molecule is N#Cc1cccc(C(=O)N2CCC(c3ccccc3)C2)c1. The van der Waals surface area contributed by atoms with Crippen molar-refractivity contribution in [2.24, 2.45) is 0 Å². The van der Waals surface area contributed by atoms with Gasteiger partial charge in [0, 0.05) is 24.6 Å². The first-order chi connectivity index (χ1) is 10.3. The Hall–Kier alpha value is -2.60. The average Bonchev–Trinajstić information content (AvgIpc) is 3.05.